The van der Waals surface area contributed by atoms with Gasteiger partial charge in [-0.15, -0.1) is 0 Å². The number of esters is 1. The number of likely N-dealkylation sites (N-methyl/N-ethyl adjacent to an activating group) is 1. The molecule has 0 bridgehead atoms. The second-order valence-electron chi connectivity index (χ2n) is 6.40. The van der Waals surface area contributed by atoms with E-state index in [9.17, 15) is 4.79 Å². The molecule has 0 saturated heterocycles. The lowest BCUT2D eigenvalue weighted by molar-refractivity contribution is -0.896. The molecule has 1 heterocycles. The van der Waals surface area contributed by atoms with Gasteiger partial charge in [0, 0.05) is 5.56 Å². The quantitative estimate of drug-likeness (QED) is 0.812. The molecule has 3 rings (SSSR count). The summed E-state index contributed by atoms with van der Waals surface area (Å²) < 4.78 is 16.6. The van der Waals surface area contributed by atoms with Crippen LogP contribution in [-0.4, -0.2) is 38.9 Å². The van der Waals surface area contributed by atoms with Crippen LogP contribution < -0.4 is 14.4 Å². The van der Waals surface area contributed by atoms with Crippen molar-refractivity contribution in [1.82, 2.24) is 0 Å². The van der Waals surface area contributed by atoms with E-state index in [2.05, 4.69) is 19.2 Å². The molecule has 132 valence electrons. The Bertz CT molecular complexity index is 717. The second kappa shape index (κ2) is 8.03. The highest BCUT2D eigenvalue weighted by Crippen LogP contribution is 2.30. The minimum absolute atomic E-state index is 0.176. The first-order valence-corrected chi connectivity index (χ1v) is 8.57. The van der Waals surface area contributed by atoms with Crippen LogP contribution in [0.3, 0.4) is 0 Å². The highest BCUT2D eigenvalue weighted by molar-refractivity contribution is 5.90. The van der Waals surface area contributed by atoms with Crippen molar-refractivity contribution in [3.05, 3.63) is 59.7 Å². The molecule has 1 N–H and O–H groups in total. The number of hydrogen-bond donors (Lipinski definition) is 1. The van der Waals surface area contributed by atoms with Crippen molar-refractivity contribution in [1.29, 1.82) is 0 Å². The average molecular weight is 342 g/mol. The van der Waals surface area contributed by atoms with Crippen LogP contribution in [-0.2, 0) is 11.3 Å². The predicted molar refractivity (Wildman–Crippen MR) is 94.2 cm³/mol. The van der Waals surface area contributed by atoms with Crippen molar-refractivity contribution in [2.24, 2.45) is 0 Å². The highest BCUT2D eigenvalue weighted by atomic mass is 16.6. The molecule has 0 fully saturated rings. The number of carbonyl (C=O) groups is 1. The largest absolute Gasteiger partial charge is 0.486 e. The lowest BCUT2D eigenvalue weighted by atomic mass is 10.2. The maximum Gasteiger partial charge on any atom is 0.338 e. The summed E-state index contributed by atoms with van der Waals surface area (Å²) in [6.45, 7) is 4.59. The highest BCUT2D eigenvalue weighted by Gasteiger charge is 2.19. The molecule has 5 nitrogen and oxygen atoms in total. The maximum atomic E-state index is 12.4. The number of ether oxygens (including phenoxy) is 3. The van der Waals surface area contributed by atoms with Crippen LogP contribution in [0, 0.1) is 0 Å². The van der Waals surface area contributed by atoms with Crippen molar-refractivity contribution in [2.75, 3.05) is 26.8 Å². The molecule has 5 heteroatoms. The lowest BCUT2D eigenvalue weighted by Crippen LogP contribution is -3.08. The monoisotopic (exact) mass is 342 g/mol. The number of quaternary nitrogens is 1. The third kappa shape index (κ3) is 4.73. The van der Waals surface area contributed by atoms with E-state index in [-0.39, 0.29) is 12.1 Å². The minimum Gasteiger partial charge on any atom is -0.486 e. The normalized spacial score (nSPS) is 15.3. The van der Waals surface area contributed by atoms with E-state index in [4.69, 9.17) is 14.2 Å². The number of benzene rings is 2. The van der Waals surface area contributed by atoms with Gasteiger partial charge in [-0.1, -0.05) is 30.3 Å². The molecule has 0 radical (unpaired) electrons. The maximum absolute atomic E-state index is 12.4. The smallest absolute Gasteiger partial charge is 0.338 e. The fourth-order valence-corrected chi connectivity index (χ4v) is 2.97. The first kappa shape index (κ1) is 17.3. The van der Waals surface area contributed by atoms with Crippen LogP contribution in [0.2, 0.25) is 0 Å². The van der Waals surface area contributed by atoms with E-state index < -0.39 is 0 Å². The Morgan fingerprint density at radius 2 is 1.84 bits per heavy atom. The van der Waals surface area contributed by atoms with Gasteiger partial charge in [-0.2, -0.15) is 0 Å². The third-order valence-corrected chi connectivity index (χ3v) is 4.07. The first-order chi connectivity index (χ1) is 12.1. The summed E-state index contributed by atoms with van der Waals surface area (Å²) in [4.78, 5) is 13.6. The molecule has 2 aromatic carbocycles. The van der Waals surface area contributed by atoms with Crippen molar-refractivity contribution in [3.63, 3.8) is 0 Å². The zero-order valence-corrected chi connectivity index (χ0v) is 14.7. The average Bonchev–Trinajstić information content (AvgIpc) is 2.61. The molecular formula is C20H24NO4+. The van der Waals surface area contributed by atoms with Gasteiger partial charge in [0.1, 0.15) is 32.4 Å². The number of nitrogens with one attached hydrogen (secondary N) is 1. The van der Waals surface area contributed by atoms with Gasteiger partial charge in [0.05, 0.1) is 12.6 Å². The SMILES string of the molecule is C[C@@H](C[NH+](C)Cc1ccccc1)OC(=O)c1ccc2c(c1)OCCO2. The Labute approximate surface area is 148 Å². The van der Waals surface area contributed by atoms with Gasteiger partial charge in [-0.05, 0) is 25.1 Å². The summed E-state index contributed by atoms with van der Waals surface area (Å²) in [6, 6.07) is 15.4. The molecule has 1 aliphatic rings. The molecule has 2 atom stereocenters. The molecule has 0 aliphatic carbocycles. The first-order valence-electron chi connectivity index (χ1n) is 8.57. The van der Waals surface area contributed by atoms with Crippen LogP contribution in [0.1, 0.15) is 22.8 Å². The zero-order chi connectivity index (χ0) is 17.6. The fraction of sp³-hybridized carbons (Fsp3) is 0.350. The third-order valence-electron chi connectivity index (χ3n) is 4.07. The minimum atomic E-state index is -0.336. The van der Waals surface area contributed by atoms with Crippen LogP contribution in [0.4, 0.5) is 0 Å². The molecule has 0 amide bonds. The van der Waals surface area contributed by atoms with Crippen LogP contribution in [0.5, 0.6) is 11.5 Å². The molecule has 0 spiro atoms. The summed E-state index contributed by atoms with van der Waals surface area (Å²) in [6.07, 6.45) is -0.176. The number of rotatable bonds is 6. The van der Waals surface area contributed by atoms with Gasteiger partial charge in [-0.25, -0.2) is 4.79 Å². The van der Waals surface area contributed by atoms with E-state index in [0.29, 0.717) is 30.3 Å². The summed E-state index contributed by atoms with van der Waals surface area (Å²) >= 11 is 0. The van der Waals surface area contributed by atoms with E-state index >= 15 is 0 Å². The summed E-state index contributed by atoms with van der Waals surface area (Å²) in [5.41, 5.74) is 1.75. The van der Waals surface area contributed by atoms with E-state index in [1.807, 2.05) is 25.1 Å². The molecule has 25 heavy (non-hydrogen) atoms. The summed E-state index contributed by atoms with van der Waals surface area (Å²) in [5, 5.41) is 0. The van der Waals surface area contributed by atoms with Crippen molar-refractivity contribution < 1.29 is 23.9 Å². The van der Waals surface area contributed by atoms with Gasteiger partial charge < -0.3 is 19.1 Å². The van der Waals surface area contributed by atoms with Gasteiger partial charge in [0.2, 0.25) is 0 Å². The Morgan fingerprint density at radius 1 is 1.12 bits per heavy atom. The van der Waals surface area contributed by atoms with E-state index in [1.54, 1.807) is 18.2 Å². The van der Waals surface area contributed by atoms with Gasteiger partial charge in [0.15, 0.2) is 11.5 Å². The van der Waals surface area contributed by atoms with Crippen LogP contribution in [0.25, 0.3) is 0 Å². The molecule has 1 unspecified atom stereocenters. The van der Waals surface area contributed by atoms with Gasteiger partial charge in [-0.3, -0.25) is 0 Å². The Hall–Kier alpha value is -2.53. The summed E-state index contributed by atoms with van der Waals surface area (Å²) in [7, 11) is 2.10. The topological polar surface area (TPSA) is 49.2 Å². The molecule has 0 saturated carbocycles. The van der Waals surface area contributed by atoms with Crippen LogP contribution in [0.15, 0.2) is 48.5 Å². The number of hydrogen-bond acceptors (Lipinski definition) is 4. The lowest BCUT2D eigenvalue weighted by Gasteiger charge is -2.20. The fourth-order valence-electron chi connectivity index (χ4n) is 2.97. The van der Waals surface area contributed by atoms with Gasteiger partial charge >= 0.3 is 5.97 Å². The van der Waals surface area contributed by atoms with Crippen molar-refractivity contribution in [2.45, 2.75) is 19.6 Å². The molecule has 1 aliphatic heterocycles. The Balaban J connectivity index is 1.53. The molecular weight excluding hydrogens is 318 g/mol. The van der Waals surface area contributed by atoms with Crippen LogP contribution >= 0.6 is 0 Å². The predicted octanol–water partition coefficient (Wildman–Crippen LogP) is 1.72. The van der Waals surface area contributed by atoms with Crippen molar-refractivity contribution in [3.8, 4) is 11.5 Å². The van der Waals surface area contributed by atoms with Crippen molar-refractivity contribution >= 4 is 5.97 Å². The van der Waals surface area contributed by atoms with Gasteiger partial charge in [0.25, 0.3) is 0 Å². The number of carbonyl (C=O) groups excluding carboxylic acids is 1. The molecule has 2 aromatic rings. The van der Waals surface area contributed by atoms with E-state index in [1.165, 1.54) is 10.5 Å². The standard InChI is InChI=1S/C20H23NO4/c1-15(13-21(2)14-16-6-4-3-5-7-16)25-20(22)17-8-9-18-19(12-17)24-11-10-23-18/h3-9,12,15H,10-11,13-14H2,1-2H3/p+1/t15-/m0/s1. The Kier molecular flexibility index (Phi) is 5.56. The molecule has 0 aromatic heterocycles. The Morgan fingerprint density at radius 3 is 2.60 bits per heavy atom. The summed E-state index contributed by atoms with van der Waals surface area (Å²) in [5.74, 6) is 0.931. The van der Waals surface area contributed by atoms with E-state index in [0.717, 1.165) is 13.1 Å². The second-order valence-corrected chi connectivity index (χ2v) is 6.40. The zero-order valence-electron chi connectivity index (χ0n) is 14.7. The number of fused-ring (bicyclic) bond motifs is 1.